The van der Waals surface area contributed by atoms with E-state index in [0.717, 1.165) is 40.5 Å². The predicted molar refractivity (Wildman–Crippen MR) is 105 cm³/mol. The summed E-state index contributed by atoms with van der Waals surface area (Å²) in [5, 5.41) is 0.812. The molecular weight excluding hydrogens is 344 g/mol. The van der Waals surface area contributed by atoms with Crippen LogP contribution in [0.5, 0.6) is 0 Å². The van der Waals surface area contributed by atoms with E-state index in [1.165, 1.54) is 16.9 Å². The second kappa shape index (κ2) is 5.92. The van der Waals surface area contributed by atoms with Gasteiger partial charge in [0.1, 0.15) is 11.4 Å². The van der Waals surface area contributed by atoms with Gasteiger partial charge in [0.25, 0.3) is 5.56 Å². The molecule has 130 valence electrons. The Hall–Kier alpha value is -2.73. The van der Waals surface area contributed by atoms with Gasteiger partial charge in [-0.3, -0.25) is 4.79 Å². The third-order valence-electron chi connectivity index (χ3n) is 5.12. The Bertz CT molecular complexity index is 1210. The molecule has 0 amide bonds. The predicted octanol–water partition coefficient (Wildman–Crippen LogP) is 3.25. The van der Waals surface area contributed by atoms with E-state index in [1.807, 2.05) is 23.0 Å². The number of para-hydroxylation sites is 2. The lowest BCUT2D eigenvalue weighted by atomic mass is 9.97. The number of aromatic nitrogens is 4. The molecule has 0 fully saturated rings. The van der Waals surface area contributed by atoms with Crippen LogP contribution in [0.3, 0.4) is 0 Å². The van der Waals surface area contributed by atoms with Gasteiger partial charge in [-0.05, 0) is 43.4 Å². The van der Waals surface area contributed by atoms with Gasteiger partial charge in [0, 0.05) is 4.88 Å². The fraction of sp³-hybridized carbons (Fsp3) is 0.250. The molecule has 3 aromatic heterocycles. The number of H-pyrrole nitrogens is 1. The third kappa shape index (κ3) is 2.33. The number of hydrogen-bond acceptors (Lipinski definition) is 3. The molecule has 1 N–H and O–H groups in total. The van der Waals surface area contributed by atoms with Crippen molar-refractivity contribution in [2.75, 3.05) is 0 Å². The Labute approximate surface area is 154 Å². The highest BCUT2D eigenvalue weighted by Gasteiger charge is 2.21. The molecule has 0 radical (unpaired) electrons. The van der Waals surface area contributed by atoms with Crippen LogP contribution in [-0.2, 0) is 19.4 Å². The van der Waals surface area contributed by atoms with Crippen molar-refractivity contribution in [1.82, 2.24) is 14.5 Å². The van der Waals surface area contributed by atoms with E-state index in [4.69, 9.17) is 4.98 Å². The van der Waals surface area contributed by atoms with Crippen LogP contribution in [0.2, 0.25) is 0 Å². The van der Waals surface area contributed by atoms with Crippen molar-refractivity contribution in [2.24, 2.45) is 0 Å². The zero-order chi connectivity index (χ0) is 17.7. The molecule has 5 nitrogen and oxygen atoms in total. The van der Waals surface area contributed by atoms with Gasteiger partial charge in [0.15, 0.2) is 16.9 Å². The number of rotatable bonds is 3. The lowest BCUT2D eigenvalue weighted by molar-refractivity contribution is -0.663. The molecule has 26 heavy (non-hydrogen) atoms. The lowest BCUT2D eigenvalue weighted by Crippen LogP contribution is -2.34. The highest BCUT2D eigenvalue weighted by Crippen LogP contribution is 2.33. The number of thiophene rings is 1. The number of aryl methyl sites for hydroxylation is 2. The monoisotopic (exact) mass is 363 g/mol. The van der Waals surface area contributed by atoms with E-state index >= 15 is 0 Å². The fourth-order valence-electron chi connectivity index (χ4n) is 3.92. The van der Waals surface area contributed by atoms with Crippen molar-refractivity contribution in [3.63, 3.8) is 0 Å². The molecule has 0 spiro atoms. The zero-order valence-corrected chi connectivity index (χ0v) is 15.2. The average Bonchev–Trinajstić information content (AvgIpc) is 3.20. The standard InChI is InChI=1S/C20H18N4OS/c1-2-23-12-24(15-9-5-4-8-14(15)23)11-17-21-19(25)18-13-7-3-6-10-16(13)26-20(18)22-17/h2,4-5,8-9,12H,1,3,6-7,10-11H2/p+1. The maximum absolute atomic E-state index is 12.7. The minimum Gasteiger partial charge on any atom is -0.307 e. The minimum atomic E-state index is -0.00235. The molecule has 5 rings (SSSR count). The number of nitrogens with one attached hydrogen (secondary N) is 1. The molecule has 1 aliphatic rings. The van der Waals surface area contributed by atoms with Crippen molar-refractivity contribution < 1.29 is 4.57 Å². The highest BCUT2D eigenvalue weighted by atomic mass is 32.1. The molecular formula is C20H19N4OS+. The molecule has 0 saturated carbocycles. The van der Waals surface area contributed by atoms with Crippen LogP contribution in [0, 0.1) is 0 Å². The number of aromatic amines is 1. The van der Waals surface area contributed by atoms with Crippen LogP contribution < -0.4 is 10.1 Å². The molecule has 0 aliphatic heterocycles. The molecule has 0 bridgehead atoms. The summed E-state index contributed by atoms with van der Waals surface area (Å²) in [7, 11) is 0. The van der Waals surface area contributed by atoms with Crippen LogP contribution in [-0.4, -0.2) is 14.5 Å². The molecule has 1 aromatic carbocycles. The second-order valence-corrected chi connectivity index (χ2v) is 7.81. The average molecular weight is 363 g/mol. The summed E-state index contributed by atoms with van der Waals surface area (Å²) in [6.07, 6.45) is 8.22. The maximum atomic E-state index is 12.7. The van der Waals surface area contributed by atoms with E-state index < -0.39 is 0 Å². The normalized spacial score (nSPS) is 14.0. The van der Waals surface area contributed by atoms with Crippen LogP contribution >= 0.6 is 11.3 Å². The van der Waals surface area contributed by atoms with Crippen molar-refractivity contribution in [1.29, 1.82) is 0 Å². The Morgan fingerprint density at radius 3 is 3.04 bits per heavy atom. The number of fused-ring (bicyclic) bond motifs is 4. The van der Waals surface area contributed by atoms with E-state index in [-0.39, 0.29) is 5.56 Å². The second-order valence-electron chi connectivity index (χ2n) is 6.73. The summed E-state index contributed by atoms with van der Waals surface area (Å²) >= 11 is 1.69. The number of nitrogens with zero attached hydrogens (tertiary/aromatic N) is 3. The quantitative estimate of drug-likeness (QED) is 0.568. The van der Waals surface area contributed by atoms with Gasteiger partial charge in [-0.15, -0.1) is 11.3 Å². The topological polar surface area (TPSA) is 54.6 Å². The molecule has 4 aromatic rings. The summed E-state index contributed by atoms with van der Waals surface area (Å²) in [5.41, 5.74) is 3.39. The summed E-state index contributed by atoms with van der Waals surface area (Å²) < 4.78 is 4.07. The Kier molecular flexibility index (Phi) is 3.53. The Morgan fingerprint density at radius 2 is 2.15 bits per heavy atom. The summed E-state index contributed by atoms with van der Waals surface area (Å²) in [6.45, 7) is 4.39. The first-order valence-electron chi connectivity index (χ1n) is 8.89. The molecule has 6 heteroatoms. The first-order valence-corrected chi connectivity index (χ1v) is 9.71. The minimum absolute atomic E-state index is 0.00235. The maximum Gasteiger partial charge on any atom is 0.260 e. The Balaban J connectivity index is 1.62. The van der Waals surface area contributed by atoms with Crippen molar-refractivity contribution in [2.45, 2.75) is 32.2 Å². The molecule has 3 heterocycles. The largest absolute Gasteiger partial charge is 0.307 e. The van der Waals surface area contributed by atoms with Crippen molar-refractivity contribution in [3.8, 4) is 0 Å². The van der Waals surface area contributed by atoms with Gasteiger partial charge in [-0.1, -0.05) is 18.7 Å². The van der Waals surface area contributed by atoms with E-state index in [9.17, 15) is 4.79 Å². The lowest BCUT2D eigenvalue weighted by Gasteiger charge is -2.09. The van der Waals surface area contributed by atoms with Crippen LogP contribution in [0.1, 0.15) is 29.1 Å². The summed E-state index contributed by atoms with van der Waals surface area (Å²) in [6, 6.07) is 8.14. The molecule has 0 atom stereocenters. The van der Waals surface area contributed by atoms with Crippen LogP contribution in [0.4, 0.5) is 0 Å². The summed E-state index contributed by atoms with van der Waals surface area (Å²) in [4.78, 5) is 22.7. The van der Waals surface area contributed by atoms with E-state index in [0.29, 0.717) is 12.4 Å². The van der Waals surface area contributed by atoms with Gasteiger partial charge in [-0.25, -0.2) is 14.1 Å². The SMILES string of the molecule is C=Cn1c[n+](Cc2nc3sc4c(c3c(=O)[nH]2)CCCC4)c2ccccc21. The van der Waals surface area contributed by atoms with E-state index in [2.05, 4.69) is 28.3 Å². The van der Waals surface area contributed by atoms with E-state index in [1.54, 1.807) is 17.5 Å². The van der Waals surface area contributed by atoms with Crippen LogP contribution in [0.15, 0.2) is 42.0 Å². The van der Waals surface area contributed by atoms with Gasteiger partial charge in [0.2, 0.25) is 6.33 Å². The highest BCUT2D eigenvalue weighted by molar-refractivity contribution is 7.18. The first-order chi connectivity index (χ1) is 12.7. The van der Waals surface area contributed by atoms with Gasteiger partial charge >= 0.3 is 0 Å². The third-order valence-corrected chi connectivity index (χ3v) is 6.31. The van der Waals surface area contributed by atoms with Crippen LogP contribution in [0.25, 0.3) is 27.4 Å². The Morgan fingerprint density at radius 1 is 1.31 bits per heavy atom. The van der Waals surface area contributed by atoms with Gasteiger partial charge in [-0.2, -0.15) is 0 Å². The first kappa shape index (κ1) is 15.5. The summed E-state index contributed by atoms with van der Waals surface area (Å²) in [5.74, 6) is 0.693. The van der Waals surface area contributed by atoms with Crippen molar-refractivity contribution >= 4 is 38.8 Å². The van der Waals surface area contributed by atoms with Gasteiger partial charge < -0.3 is 4.98 Å². The zero-order valence-electron chi connectivity index (χ0n) is 14.4. The fourth-order valence-corrected chi connectivity index (χ4v) is 5.20. The number of hydrogen-bond donors (Lipinski definition) is 1. The van der Waals surface area contributed by atoms with Crippen molar-refractivity contribution in [3.05, 3.63) is 63.8 Å². The smallest absolute Gasteiger partial charge is 0.260 e. The molecule has 0 unspecified atom stereocenters. The number of benzene rings is 1. The molecule has 1 aliphatic carbocycles. The number of imidazole rings is 1. The molecule has 0 saturated heterocycles. The van der Waals surface area contributed by atoms with Gasteiger partial charge in [0.05, 0.1) is 11.6 Å².